The van der Waals surface area contributed by atoms with E-state index >= 15 is 0 Å². The van der Waals surface area contributed by atoms with Crippen LogP contribution in [0.25, 0.3) is 6.08 Å². The van der Waals surface area contributed by atoms with Crippen molar-refractivity contribution in [2.45, 2.75) is 6.61 Å². The molecule has 0 spiro atoms. The first-order valence-corrected chi connectivity index (χ1v) is 12.2. The lowest BCUT2D eigenvalue weighted by molar-refractivity contribution is -0.127. The fourth-order valence-corrected chi connectivity index (χ4v) is 4.76. The molecule has 0 atom stereocenters. The van der Waals surface area contributed by atoms with Crippen LogP contribution in [0.3, 0.4) is 0 Å². The van der Waals surface area contributed by atoms with Crippen molar-refractivity contribution in [3.8, 4) is 11.5 Å². The van der Waals surface area contributed by atoms with Crippen LogP contribution in [-0.4, -0.2) is 35.6 Å². The van der Waals surface area contributed by atoms with Crippen molar-refractivity contribution in [3.05, 3.63) is 93.3 Å². The number of nitrogens with zero attached hydrogens (tertiary/aromatic N) is 1. The molecule has 0 aromatic heterocycles. The van der Waals surface area contributed by atoms with Gasteiger partial charge in [0, 0.05) is 5.69 Å². The van der Waals surface area contributed by atoms with Gasteiger partial charge in [0.1, 0.15) is 13.2 Å². The quantitative estimate of drug-likeness (QED) is 0.360. The summed E-state index contributed by atoms with van der Waals surface area (Å²) in [6.07, 6.45) is 1.59. The summed E-state index contributed by atoms with van der Waals surface area (Å²) in [6, 6.07) is 22.1. The predicted octanol–water partition coefficient (Wildman–Crippen LogP) is 5.71. The molecule has 0 bridgehead atoms. The average molecular weight is 553 g/mol. The molecule has 3 aromatic rings. The maximum atomic E-state index is 12.8. The molecule has 1 heterocycles. The monoisotopic (exact) mass is 552 g/mol. The van der Waals surface area contributed by atoms with Gasteiger partial charge >= 0.3 is 0 Å². The maximum absolute atomic E-state index is 12.8. The zero-order chi connectivity index (χ0) is 24.8. The first kappa shape index (κ1) is 24.6. The van der Waals surface area contributed by atoms with Crippen LogP contribution in [0, 0.1) is 0 Å². The van der Waals surface area contributed by atoms with Gasteiger partial charge in [-0.15, -0.1) is 0 Å². The summed E-state index contributed by atoms with van der Waals surface area (Å²) in [7, 11) is 1.53. The number of carbonyl (C=O) groups excluding carboxylic acids is 3. The number of benzene rings is 3. The van der Waals surface area contributed by atoms with E-state index in [4.69, 9.17) is 9.47 Å². The second kappa shape index (κ2) is 11.2. The zero-order valence-corrected chi connectivity index (χ0v) is 21.1. The molecule has 0 saturated carbocycles. The Kier molecular flexibility index (Phi) is 7.89. The van der Waals surface area contributed by atoms with Gasteiger partial charge in [-0.25, -0.2) is 0 Å². The van der Waals surface area contributed by atoms with Gasteiger partial charge in [0.2, 0.25) is 5.91 Å². The number of rotatable bonds is 8. The molecule has 1 saturated heterocycles. The molecular weight excluding hydrogens is 532 g/mol. The fourth-order valence-electron chi connectivity index (χ4n) is 3.35. The number of amides is 3. The number of hydrogen-bond donors (Lipinski definition) is 1. The third kappa shape index (κ3) is 6.12. The summed E-state index contributed by atoms with van der Waals surface area (Å²) in [5.74, 6) is 0.0222. The van der Waals surface area contributed by atoms with Crippen LogP contribution >= 0.6 is 27.7 Å². The molecular formula is C26H21BrN2O5S. The topological polar surface area (TPSA) is 84.9 Å². The molecule has 1 aliphatic heterocycles. The number of methoxy groups -OCH3 is 1. The Morgan fingerprint density at radius 3 is 2.43 bits per heavy atom. The first-order valence-electron chi connectivity index (χ1n) is 10.6. The van der Waals surface area contributed by atoms with E-state index in [1.807, 2.05) is 36.4 Å². The minimum absolute atomic E-state index is 0.217. The molecule has 7 nitrogen and oxygen atoms in total. The highest BCUT2D eigenvalue weighted by molar-refractivity contribution is 9.10. The number of thioether (sulfide) groups is 1. The first-order chi connectivity index (χ1) is 16.9. The number of hydrogen-bond acceptors (Lipinski definition) is 6. The van der Waals surface area contributed by atoms with E-state index in [-0.39, 0.29) is 11.4 Å². The Bertz CT molecular complexity index is 1280. The Morgan fingerprint density at radius 2 is 1.74 bits per heavy atom. The van der Waals surface area contributed by atoms with Crippen molar-refractivity contribution in [3.63, 3.8) is 0 Å². The van der Waals surface area contributed by atoms with Crippen LogP contribution in [0.5, 0.6) is 11.5 Å². The number of carbonyl (C=O) groups is 3. The van der Waals surface area contributed by atoms with E-state index < -0.39 is 17.1 Å². The van der Waals surface area contributed by atoms with E-state index in [0.717, 1.165) is 22.2 Å². The minimum Gasteiger partial charge on any atom is -0.493 e. The van der Waals surface area contributed by atoms with Crippen LogP contribution < -0.4 is 14.8 Å². The Morgan fingerprint density at radius 1 is 1.06 bits per heavy atom. The Labute approximate surface area is 215 Å². The highest BCUT2D eigenvalue weighted by Gasteiger charge is 2.36. The Hall–Kier alpha value is -3.56. The largest absolute Gasteiger partial charge is 0.493 e. The van der Waals surface area contributed by atoms with Crippen molar-refractivity contribution >= 4 is 56.5 Å². The smallest absolute Gasteiger partial charge is 0.294 e. The van der Waals surface area contributed by atoms with E-state index in [1.54, 1.807) is 42.5 Å². The molecule has 1 N–H and O–H groups in total. The number of para-hydroxylation sites is 1. The molecule has 1 fully saturated rings. The molecule has 1 aliphatic rings. The summed E-state index contributed by atoms with van der Waals surface area (Å²) in [4.78, 5) is 38.8. The van der Waals surface area contributed by atoms with Gasteiger partial charge in [-0.1, -0.05) is 48.5 Å². The summed E-state index contributed by atoms with van der Waals surface area (Å²) in [5, 5.41) is 2.17. The molecule has 4 rings (SSSR count). The Balaban J connectivity index is 1.47. The molecule has 35 heavy (non-hydrogen) atoms. The molecule has 178 valence electrons. The third-order valence-electron chi connectivity index (χ3n) is 5.01. The SMILES string of the molecule is COc1cc(/C=C2/SC(=O)N(CC(=O)Nc3ccccc3)C2=O)cc(Br)c1OCc1ccccc1. The van der Waals surface area contributed by atoms with Gasteiger partial charge < -0.3 is 14.8 Å². The zero-order valence-electron chi connectivity index (χ0n) is 18.7. The molecule has 3 amide bonds. The van der Waals surface area contributed by atoms with Crippen molar-refractivity contribution in [1.82, 2.24) is 4.90 Å². The van der Waals surface area contributed by atoms with Crippen molar-refractivity contribution in [2.24, 2.45) is 0 Å². The number of anilines is 1. The van der Waals surface area contributed by atoms with Crippen molar-refractivity contribution < 1.29 is 23.9 Å². The molecule has 0 radical (unpaired) electrons. The number of halogens is 1. The number of nitrogens with one attached hydrogen (secondary N) is 1. The number of imide groups is 1. The third-order valence-corrected chi connectivity index (χ3v) is 6.50. The van der Waals surface area contributed by atoms with Gasteiger partial charge in [0.05, 0.1) is 16.5 Å². The highest BCUT2D eigenvalue weighted by atomic mass is 79.9. The van der Waals surface area contributed by atoms with Crippen LogP contribution in [0.1, 0.15) is 11.1 Å². The molecule has 9 heteroatoms. The van der Waals surface area contributed by atoms with Crippen LogP contribution in [-0.2, 0) is 16.2 Å². The lowest BCUT2D eigenvalue weighted by Gasteiger charge is -2.14. The summed E-state index contributed by atoms with van der Waals surface area (Å²) in [5.41, 5.74) is 2.24. The second-order valence-electron chi connectivity index (χ2n) is 7.49. The van der Waals surface area contributed by atoms with Gasteiger partial charge in [-0.05, 0) is 69.2 Å². The minimum atomic E-state index is -0.525. The van der Waals surface area contributed by atoms with E-state index in [0.29, 0.717) is 33.8 Å². The summed E-state index contributed by atoms with van der Waals surface area (Å²) in [6.45, 7) is -0.00470. The summed E-state index contributed by atoms with van der Waals surface area (Å²) >= 11 is 4.30. The highest BCUT2D eigenvalue weighted by Crippen LogP contribution is 2.39. The van der Waals surface area contributed by atoms with Crippen molar-refractivity contribution in [1.29, 1.82) is 0 Å². The maximum Gasteiger partial charge on any atom is 0.294 e. The summed E-state index contributed by atoms with van der Waals surface area (Å²) < 4.78 is 12.1. The molecule has 3 aromatic carbocycles. The normalized spacial score (nSPS) is 14.3. The lowest BCUT2D eigenvalue weighted by Crippen LogP contribution is -2.36. The van der Waals surface area contributed by atoms with E-state index in [9.17, 15) is 14.4 Å². The fraction of sp³-hybridized carbons (Fsp3) is 0.115. The van der Waals surface area contributed by atoms with Crippen LogP contribution in [0.2, 0.25) is 0 Å². The van der Waals surface area contributed by atoms with Crippen LogP contribution in [0.4, 0.5) is 10.5 Å². The van der Waals surface area contributed by atoms with Crippen molar-refractivity contribution in [2.75, 3.05) is 19.0 Å². The predicted molar refractivity (Wildman–Crippen MR) is 139 cm³/mol. The van der Waals surface area contributed by atoms with E-state index in [1.165, 1.54) is 7.11 Å². The van der Waals surface area contributed by atoms with Gasteiger partial charge in [-0.2, -0.15) is 0 Å². The van der Waals surface area contributed by atoms with Gasteiger partial charge in [0.15, 0.2) is 11.5 Å². The average Bonchev–Trinajstić information content (AvgIpc) is 3.11. The van der Waals surface area contributed by atoms with Gasteiger partial charge in [-0.3, -0.25) is 19.3 Å². The van der Waals surface area contributed by atoms with E-state index in [2.05, 4.69) is 21.2 Å². The lowest BCUT2D eigenvalue weighted by atomic mass is 10.1. The molecule has 0 aliphatic carbocycles. The molecule has 0 unspecified atom stereocenters. The standard InChI is InChI=1S/C26H21BrN2O5S/c1-33-21-13-18(12-20(27)24(21)34-16-17-8-4-2-5-9-17)14-22-25(31)29(26(32)35-22)15-23(30)28-19-10-6-3-7-11-19/h2-14H,15-16H2,1H3,(H,28,30)/b22-14+. The van der Waals surface area contributed by atoms with Crippen LogP contribution in [0.15, 0.2) is 82.2 Å². The second-order valence-corrected chi connectivity index (χ2v) is 9.34. The number of ether oxygens (including phenoxy) is 2. The van der Waals surface area contributed by atoms with Gasteiger partial charge in [0.25, 0.3) is 11.1 Å².